The fourth-order valence-corrected chi connectivity index (χ4v) is 2.26. The van der Waals surface area contributed by atoms with E-state index in [0.717, 1.165) is 28.0 Å². The lowest BCUT2D eigenvalue weighted by atomic mass is 10.0. The first-order valence-electron chi connectivity index (χ1n) is 5.88. The third-order valence-corrected chi connectivity index (χ3v) is 3.24. The first-order chi connectivity index (χ1) is 8.04. The Labute approximate surface area is 117 Å². The van der Waals surface area contributed by atoms with E-state index in [1.54, 1.807) is 0 Å². The van der Waals surface area contributed by atoms with Gasteiger partial charge in [-0.2, -0.15) is 0 Å². The highest BCUT2D eigenvalue weighted by Gasteiger charge is 2.11. The Hall–Kier alpha value is -0.310. The molecule has 1 atom stereocenters. The highest BCUT2D eigenvalue weighted by Crippen LogP contribution is 2.28. The van der Waals surface area contributed by atoms with Gasteiger partial charge in [0.15, 0.2) is 0 Å². The SMILES string of the molecule is CCCNC(C=C(C)C)c1cc(Br)ccc1Cl. The van der Waals surface area contributed by atoms with Crippen molar-refractivity contribution in [1.82, 2.24) is 5.32 Å². The van der Waals surface area contributed by atoms with E-state index in [2.05, 4.69) is 54.2 Å². The van der Waals surface area contributed by atoms with Crippen LogP contribution in [0.15, 0.2) is 34.3 Å². The van der Waals surface area contributed by atoms with Gasteiger partial charge < -0.3 is 5.32 Å². The number of halogens is 2. The Balaban J connectivity index is 3.03. The molecule has 94 valence electrons. The van der Waals surface area contributed by atoms with Crippen molar-refractivity contribution >= 4 is 27.5 Å². The summed E-state index contributed by atoms with van der Waals surface area (Å²) in [5.41, 5.74) is 2.41. The zero-order valence-electron chi connectivity index (χ0n) is 10.6. The summed E-state index contributed by atoms with van der Waals surface area (Å²) in [6, 6.07) is 6.16. The summed E-state index contributed by atoms with van der Waals surface area (Å²) in [6.07, 6.45) is 3.32. The number of benzene rings is 1. The van der Waals surface area contributed by atoms with Crippen LogP contribution in [0.2, 0.25) is 5.02 Å². The molecular weight excluding hydrogens is 298 g/mol. The number of hydrogen-bond acceptors (Lipinski definition) is 1. The summed E-state index contributed by atoms with van der Waals surface area (Å²) < 4.78 is 1.06. The molecule has 0 aliphatic rings. The van der Waals surface area contributed by atoms with Gasteiger partial charge in [-0.15, -0.1) is 0 Å². The van der Waals surface area contributed by atoms with E-state index >= 15 is 0 Å². The van der Waals surface area contributed by atoms with Gasteiger partial charge in [-0.05, 0) is 50.6 Å². The van der Waals surface area contributed by atoms with Gasteiger partial charge in [-0.3, -0.25) is 0 Å². The largest absolute Gasteiger partial charge is 0.307 e. The minimum Gasteiger partial charge on any atom is -0.307 e. The molecule has 1 aromatic carbocycles. The third kappa shape index (κ3) is 4.82. The third-order valence-electron chi connectivity index (χ3n) is 2.41. The maximum absolute atomic E-state index is 6.26. The summed E-state index contributed by atoms with van der Waals surface area (Å²) >= 11 is 9.76. The molecular formula is C14H19BrClN. The number of hydrogen-bond donors (Lipinski definition) is 1. The lowest BCUT2D eigenvalue weighted by Crippen LogP contribution is -2.21. The van der Waals surface area contributed by atoms with Crippen molar-refractivity contribution in [2.24, 2.45) is 0 Å². The second kappa shape index (κ2) is 7.20. The number of rotatable bonds is 5. The quantitative estimate of drug-likeness (QED) is 0.744. The fraction of sp³-hybridized carbons (Fsp3) is 0.429. The zero-order valence-corrected chi connectivity index (χ0v) is 12.9. The molecule has 0 aromatic heterocycles. The van der Waals surface area contributed by atoms with Crippen LogP contribution in [0.5, 0.6) is 0 Å². The van der Waals surface area contributed by atoms with Crippen molar-refractivity contribution in [2.75, 3.05) is 6.54 Å². The standard InChI is InChI=1S/C14H19BrClN/c1-4-7-17-14(8-10(2)3)12-9-11(15)5-6-13(12)16/h5-6,8-9,14,17H,4,7H2,1-3H3. The van der Waals surface area contributed by atoms with Crippen LogP contribution >= 0.6 is 27.5 Å². The van der Waals surface area contributed by atoms with Gasteiger partial charge in [0.2, 0.25) is 0 Å². The topological polar surface area (TPSA) is 12.0 Å². The lowest BCUT2D eigenvalue weighted by Gasteiger charge is -2.17. The molecule has 0 bridgehead atoms. The molecule has 17 heavy (non-hydrogen) atoms. The number of allylic oxidation sites excluding steroid dienone is 1. The lowest BCUT2D eigenvalue weighted by molar-refractivity contribution is 0.610. The molecule has 0 amide bonds. The molecule has 0 heterocycles. The van der Waals surface area contributed by atoms with E-state index in [4.69, 9.17) is 11.6 Å². The first kappa shape index (κ1) is 14.7. The predicted octanol–water partition coefficient (Wildman–Crippen LogP) is 5.11. The van der Waals surface area contributed by atoms with E-state index in [0.29, 0.717) is 0 Å². The van der Waals surface area contributed by atoms with Crippen LogP contribution in [0.4, 0.5) is 0 Å². The molecule has 0 saturated heterocycles. The van der Waals surface area contributed by atoms with Crippen LogP contribution in [0, 0.1) is 0 Å². The van der Waals surface area contributed by atoms with Crippen molar-refractivity contribution in [3.63, 3.8) is 0 Å². The molecule has 0 fully saturated rings. The van der Waals surface area contributed by atoms with Crippen LogP contribution in [0.25, 0.3) is 0 Å². The normalized spacial score (nSPS) is 12.3. The summed E-state index contributed by atoms with van der Waals surface area (Å²) in [4.78, 5) is 0. The molecule has 0 aliphatic heterocycles. The average molecular weight is 317 g/mol. The summed E-state index contributed by atoms with van der Waals surface area (Å²) in [5.74, 6) is 0. The molecule has 0 radical (unpaired) electrons. The average Bonchev–Trinajstić information content (AvgIpc) is 2.27. The first-order valence-corrected chi connectivity index (χ1v) is 7.05. The highest BCUT2D eigenvalue weighted by atomic mass is 79.9. The number of nitrogens with one attached hydrogen (secondary N) is 1. The van der Waals surface area contributed by atoms with Gasteiger partial charge in [0, 0.05) is 9.50 Å². The summed E-state index contributed by atoms with van der Waals surface area (Å²) in [5, 5.41) is 4.31. The minimum absolute atomic E-state index is 0.185. The van der Waals surface area contributed by atoms with Crippen LogP contribution in [-0.4, -0.2) is 6.54 Å². The zero-order chi connectivity index (χ0) is 12.8. The molecule has 0 saturated carbocycles. The maximum atomic E-state index is 6.26. The molecule has 0 spiro atoms. The van der Waals surface area contributed by atoms with Crippen LogP contribution < -0.4 is 5.32 Å². The van der Waals surface area contributed by atoms with Crippen molar-refractivity contribution in [2.45, 2.75) is 33.2 Å². The predicted molar refractivity (Wildman–Crippen MR) is 79.6 cm³/mol. The minimum atomic E-state index is 0.185. The van der Waals surface area contributed by atoms with Crippen molar-refractivity contribution in [1.29, 1.82) is 0 Å². The van der Waals surface area contributed by atoms with Crippen LogP contribution in [-0.2, 0) is 0 Å². The fourth-order valence-electron chi connectivity index (χ4n) is 1.64. The molecule has 1 rings (SSSR count). The second-order valence-electron chi connectivity index (χ2n) is 4.34. The summed E-state index contributed by atoms with van der Waals surface area (Å²) in [6.45, 7) is 7.35. The second-order valence-corrected chi connectivity index (χ2v) is 5.66. The van der Waals surface area contributed by atoms with Crippen LogP contribution in [0.3, 0.4) is 0 Å². The molecule has 1 unspecified atom stereocenters. The van der Waals surface area contributed by atoms with Crippen molar-refractivity contribution in [3.05, 3.63) is 44.9 Å². The van der Waals surface area contributed by atoms with E-state index in [1.165, 1.54) is 5.57 Å². The Morgan fingerprint density at radius 1 is 1.47 bits per heavy atom. The summed E-state index contributed by atoms with van der Waals surface area (Å²) in [7, 11) is 0. The van der Waals surface area contributed by atoms with Gasteiger partial charge in [0.1, 0.15) is 0 Å². The van der Waals surface area contributed by atoms with Gasteiger partial charge >= 0.3 is 0 Å². The van der Waals surface area contributed by atoms with E-state index in [-0.39, 0.29) is 6.04 Å². The smallest absolute Gasteiger partial charge is 0.0523 e. The molecule has 1 aromatic rings. The monoisotopic (exact) mass is 315 g/mol. The van der Waals surface area contributed by atoms with E-state index in [1.807, 2.05) is 12.1 Å². The van der Waals surface area contributed by atoms with Gasteiger partial charge in [-0.1, -0.05) is 46.1 Å². The molecule has 1 N–H and O–H groups in total. The van der Waals surface area contributed by atoms with Crippen molar-refractivity contribution < 1.29 is 0 Å². The Morgan fingerprint density at radius 2 is 2.18 bits per heavy atom. The van der Waals surface area contributed by atoms with Crippen molar-refractivity contribution in [3.8, 4) is 0 Å². The van der Waals surface area contributed by atoms with Gasteiger partial charge in [0.05, 0.1) is 6.04 Å². The highest BCUT2D eigenvalue weighted by molar-refractivity contribution is 9.10. The van der Waals surface area contributed by atoms with E-state index < -0.39 is 0 Å². The molecule has 3 heteroatoms. The maximum Gasteiger partial charge on any atom is 0.0523 e. The molecule has 0 aliphatic carbocycles. The van der Waals surface area contributed by atoms with Gasteiger partial charge in [0.25, 0.3) is 0 Å². The molecule has 1 nitrogen and oxygen atoms in total. The Bertz CT molecular complexity index is 397. The van der Waals surface area contributed by atoms with Crippen LogP contribution in [0.1, 0.15) is 38.8 Å². The Morgan fingerprint density at radius 3 is 2.76 bits per heavy atom. The Kier molecular flexibility index (Phi) is 6.24. The van der Waals surface area contributed by atoms with Gasteiger partial charge in [-0.25, -0.2) is 0 Å². The van der Waals surface area contributed by atoms with E-state index in [9.17, 15) is 0 Å².